The largest absolute Gasteiger partial charge is 0.313 e. The molecule has 0 amide bonds. The van der Waals surface area contributed by atoms with Gasteiger partial charge in [0.1, 0.15) is 6.33 Å². The van der Waals surface area contributed by atoms with Gasteiger partial charge in [-0.2, -0.15) is 4.31 Å². The Morgan fingerprint density at radius 2 is 1.96 bits per heavy atom. The molecule has 27 heavy (non-hydrogen) atoms. The lowest BCUT2D eigenvalue weighted by Crippen LogP contribution is -2.48. The number of nitrogens with zero attached hydrogens (tertiary/aromatic N) is 6. The van der Waals surface area contributed by atoms with Gasteiger partial charge in [-0.25, -0.2) is 13.1 Å². The highest BCUT2D eigenvalue weighted by Gasteiger charge is 2.34. The van der Waals surface area contributed by atoms with Crippen molar-refractivity contribution in [3.63, 3.8) is 0 Å². The van der Waals surface area contributed by atoms with Crippen molar-refractivity contribution in [3.8, 4) is 5.69 Å². The van der Waals surface area contributed by atoms with Crippen LogP contribution in [-0.2, 0) is 10.0 Å². The van der Waals surface area contributed by atoms with E-state index in [4.69, 9.17) is 0 Å². The van der Waals surface area contributed by atoms with Crippen LogP contribution in [-0.4, -0.2) is 57.5 Å². The van der Waals surface area contributed by atoms with Gasteiger partial charge in [0, 0.05) is 32.0 Å². The van der Waals surface area contributed by atoms with E-state index in [0.717, 1.165) is 5.56 Å². The topological polar surface area (TPSA) is 106 Å². The fraction of sp³-hybridized carbons (Fsp3) is 0.250. The number of benzene rings is 1. The van der Waals surface area contributed by atoms with Gasteiger partial charge in [0.05, 0.1) is 16.6 Å². The van der Waals surface area contributed by atoms with E-state index in [1.807, 2.05) is 12.1 Å². The van der Waals surface area contributed by atoms with Crippen molar-refractivity contribution in [1.29, 1.82) is 0 Å². The van der Waals surface area contributed by atoms with Crippen molar-refractivity contribution in [3.05, 3.63) is 60.7 Å². The van der Waals surface area contributed by atoms with E-state index in [2.05, 4.69) is 25.8 Å². The van der Waals surface area contributed by atoms with Gasteiger partial charge in [-0.05, 0) is 46.3 Å². The van der Waals surface area contributed by atoms with Crippen molar-refractivity contribution >= 4 is 22.4 Å². The zero-order chi connectivity index (χ0) is 18.0. The SMILES string of the molecule is Cl.O=S(=O)(c1ccc(-n2cnnn2)cc1)N1CCNCC1c1cccnc1. The van der Waals surface area contributed by atoms with Gasteiger partial charge in [-0.1, -0.05) is 6.07 Å². The first-order valence-corrected chi connectivity index (χ1v) is 9.56. The average molecular weight is 408 g/mol. The van der Waals surface area contributed by atoms with E-state index in [1.54, 1.807) is 36.7 Å². The maximum absolute atomic E-state index is 13.2. The maximum Gasteiger partial charge on any atom is 0.243 e. The van der Waals surface area contributed by atoms with Gasteiger partial charge in [0.25, 0.3) is 0 Å². The van der Waals surface area contributed by atoms with E-state index < -0.39 is 10.0 Å². The second-order valence-electron chi connectivity index (χ2n) is 5.87. The molecule has 0 spiro atoms. The number of sulfonamides is 1. The van der Waals surface area contributed by atoms with Crippen LogP contribution in [0.1, 0.15) is 11.6 Å². The molecule has 9 nitrogen and oxygen atoms in total. The summed E-state index contributed by atoms with van der Waals surface area (Å²) < 4.78 is 29.4. The summed E-state index contributed by atoms with van der Waals surface area (Å²) in [4.78, 5) is 4.36. The van der Waals surface area contributed by atoms with Gasteiger partial charge in [-0.3, -0.25) is 4.98 Å². The molecule has 0 saturated carbocycles. The van der Waals surface area contributed by atoms with Crippen molar-refractivity contribution in [2.24, 2.45) is 0 Å². The Morgan fingerprint density at radius 1 is 1.15 bits per heavy atom. The van der Waals surface area contributed by atoms with E-state index in [1.165, 1.54) is 15.3 Å². The Bertz CT molecular complexity index is 966. The molecular formula is C16H18ClN7O2S. The quantitative estimate of drug-likeness (QED) is 0.682. The van der Waals surface area contributed by atoms with Gasteiger partial charge >= 0.3 is 0 Å². The molecule has 142 valence electrons. The molecule has 0 radical (unpaired) electrons. The highest BCUT2D eigenvalue weighted by atomic mass is 35.5. The maximum atomic E-state index is 13.2. The number of hydrogen-bond donors (Lipinski definition) is 1. The van der Waals surface area contributed by atoms with Gasteiger partial charge < -0.3 is 5.32 Å². The number of pyridine rings is 1. The fourth-order valence-electron chi connectivity index (χ4n) is 3.02. The molecule has 1 aromatic carbocycles. The number of hydrogen-bond acceptors (Lipinski definition) is 7. The Labute approximate surface area is 162 Å². The molecular weight excluding hydrogens is 390 g/mol. The zero-order valence-electron chi connectivity index (χ0n) is 14.2. The van der Waals surface area contributed by atoms with Crippen LogP contribution in [0.4, 0.5) is 0 Å². The zero-order valence-corrected chi connectivity index (χ0v) is 15.8. The number of nitrogens with one attached hydrogen (secondary N) is 1. The molecule has 1 aliphatic rings. The fourth-order valence-corrected chi connectivity index (χ4v) is 4.63. The first kappa shape index (κ1) is 19.4. The standard InChI is InChI=1S/C16H17N7O2S.ClH/c24-26(25,15-5-3-14(4-6-15)22-12-19-20-21-22)23-9-8-18-11-16(23)13-2-1-7-17-10-13;/h1-7,10,12,16,18H,8-9,11H2;1H. The third-order valence-electron chi connectivity index (χ3n) is 4.32. The predicted molar refractivity (Wildman–Crippen MR) is 100 cm³/mol. The van der Waals surface area contributed by atoms with Crippen molar-refractivity contribution in [1.82, 2.24) is 34.8 Å². The minimum atomic E-state index is -3.64. The Morgan fingerprint density at radius 3 is 2.63 bits per heavy atom. The number of aromatic nitrogens is 5. The van der Waals surface area contributed by atoms with Crippen LogP contribution in [0.3, 0.4) is 0 Å². The first-order valence-electron chi connectivity index (χ1n) is 8.12. The second kappa shape index (κ2) is 8.09. The molecule has 1 aliphatic heterocycles. The summed E-state index contributed by atoms with van der Waals surface area (Å²) in [6, 6.07) is 9.95. The summed E-state index contributed by atoms with van der Waals surface area (Å²) in [7, 11) is -3.64. The van der Waals surface area contributed by atoms with E-state index in [0.29, 0.717) is 25.3 Å². The highest BCUT2D eigenvalue weighted by molar-refractivity contribution is 7.89. The summed E-state index contributed by atoms with van der Waals surface area (Å²) in [6.07, 6.45) is 4.84. The van der Waals surface area contributed by atoms with Gasteiger partial charge in [0.15, 0.2) is 0 Å². The average Bonchev–Trinajstić information content (AvgIpc) is 3.24. The second-order valence-corrected chi connectivity index (χ2v) is 7.76. The first-order chi connectivity index (χ1) is 12.7. The lowest BCUT2D eigenvalue weighted by molar-refractivity contribution is 0.271. The molecule has 3 aromatic rings. The summed E-state index contributed by atoms with van der Waals surface area (Å²) in [5.41, 5.74) is 1.56. The molecule has 1 fully saturated rings. The van der Waals surface area contributed by atoms with E-state index in [-0.39, 0.29) is 23.3 Å². The molecule has 3 heterocycles. The van der Waals surface area contributed by atoms with Crippen LogP contribution in [0.2, 0.25) is 0 Å². The molecule has 11 heteroatoms. The van der Waals surface area contributed by atoms with Crippen molar-refractivity contribution < 1.29 is 8.42 Å². The molecule has 4 rings (SSSR count). The number of rotatable bonds is 4. The van der Waals surface area contributed by atoms with E-state index in [9.17, 15) is 8.42 Å². The molecule has 0 aliphatic carbocycles. The predicted octanol–water partition coefficient (Wildman–Crippen LogP) is 0.814. The molecule has 1 N–H and O–H groups in total. The van der Waals surface area contributed by atoms with Crippen LogP contribution in [0.5, 0.6) is 0 Å². The van der Waals surface area contributed by atoms with Crippen LogP contribution >= 0.6 is 12.4 Å². The van der Waals surface area contributed by atoms with Crippen molar-refractivity contribution in [2.45, 2.75) is 10.9 Å². The summed E-state index contributed by atoms with van der Waals surface area (Å²) in [6.45, 7) is 1.56. The minimum absolute atomic E-state index is 0. The Hall–Kier alpha value is -2.40. The lowest BCUT2D eigenvalue weighted by atomic mass is 10.1. The third kappa shape index (κ3) is 3.83. The highest BCUT2D eigenvalue weighted by Crippen LogP contribution is 2.28. The lowest BCUT2D eigenvalue weighted by Gasteiger charge is -2.35. The Balaban J connectivity index is 0.00000210. The number of tetrazole rings is 1. The molecule has 1 saturated heterocycles. The summed E-state index contributed by atoms with van der Waals surface area (Å²) >= 11 is 0. The van der Waals surface area contributed by atoms with Gasteiger partial charge in [-0.15, -0.1) is 17.5 Å². The smallest absolute Gasteiger partial charge is 0.243 e. The number of piperazine rings is 1. The summed E-state index contributed by atoms with van der Waals surface area (Å²) in [5, 5.41) is 14.2. The molecule has 1 unspecified atom stereocenters. The van der Waals surface area contributed by atoms with Crippen LogP contribution in [0.15, 0.2) is 60.0 Å². The van der Waals surface area contributed by atoms with Crippen LogP contribution < -0.4 is 5.32 Å². The molecule has 2 aromatic heterocycles. The third-order valence-corrected chi connectivity index (χ3v) is 6.24. The Kier molecular flexibility index (Phi) is 5.80. The number of halogens is 1. The monoisotopic (exact) mass is 407 g/mol. The minimum Gasteiger partial charge on any atom is -0.313 e. The van der Waals surface area contributed by atoms with Crippen LogP contribution in [0, 0.1) is 0 Å². The summed E-state index contributed by atoms with van der Waals surface area (Å²) in [5.74, 6) is 0. The molecule has 1 atom stereocenters. The molecule has 0 bridgehead atoms. The normalized spacial score (nSPS) is 18.0. The van der Waals surface area contributed by atoms with Crippen LogP contribution in [0.25, 0.3) is 5.69 Å². The van der Waals surface area contributed by atoms with Crippen molar-refractivity contribution in [2.75, 3.05) is 19.6 Å². The van der Waals surface area contributed by atoms with Gasteiger partial charge in [0.2, 0.25) is 10.0 Å². The van der Waals surface area contributed by atoms with E-state index >= 15 is 0 Å².